The summed E-state index contributed by atoms with van der Waals surface area (Å²) in [4.78, 5) is 37.4. The molecule has 0 fully saturated rings. The second kappa shape index (κ2) is 10.4. The summed E-state index contributed by atoms with van der Waals surface area (Å²) in [5.41, 5.74) is 0.970. The van der Waals surface area contributed by atoms with Crippen molar-refractivity contribution >= 4 is 34.4 Å². The fourth-order valence-electron chi connectivity index (χ4n) is 3.37. The van der Waals surface area contributed by atoms with Crippen LogP contribution in [-0.4, -0.2) is 18.0 Å². The Kier molecular flexibility index (Phi) is 7.17. The van der Waals surface area contributed by atoms with Gasteiger partial charge in [-0.05, 0) is 61.4 Å². The average molecular weight is 492 g/mol. The molecule has 0 bridgehead atoms. The van der Waals surface area contributed by atoms with Crippen LogP contribution < -0.4 is 20.4 Å². The number of nitrogens with one attached hydrogen (secondary N) is 1. The van der Waals surface area contributed by atoms with Crippen molar-refractivity contribution in [3.8, 4) is 11.5 Å². The van der Waals surface area contributed by atoms with Crippen LogP contribution >= 0.6 is 11.6 Å². The lowest BCUT2D eigenvalue weighted by molar-refractivity contribution is -0.141. The number of ether oxygens (including phenoxy) is 2. The molecular weight excluding hydrogens is 470 g/mol. The standard InChI is InChI=1S/C27H22ClNO6/c1-16-12-20(28)9-11-23(16)33-17(2)26(31)34-21-10-8-19-13-22(27(32)35-24(19)14-21)25(30)29-15-18-6-4-3-5-7-18/h3-14,17H,15H2,1-2H3,(H,29,30). The van der Waals surface area contributed by atoms with Gasteiger partial charge in [0.2, 0.25) is 0 Å². The van der Waals surface area contributed by atoms with E-state index in [1.165, 1.54) is 12.1 Å². The molecule has 4 rings (SSSR count). The molecule has 0 aliphatic carbocycles. The number of amides is 1. The Hall–Kier alpha value is -4.10. The molecule has 0 saturated heterocycles. The minimum Gasteiger partial charge on any atom is -0.479 e. The van der Waals surface area contributed by atoms with Crippen LogP contribution in [0.5, 0.6) is 11.5 Å². The zero-order valence-electron chi connectivity index (χ0n) is 19.0. The highest BCUT2D eigenvalue weighted by molar-refractivity contribution is 6.30. The summed E-state index contributed by atoms with van der Waals surface area (Å²) in [6.45, 7) is 3.67. The van der Waals surface area contributed by atoms with Gasteiger partial charge in [-0.15, -0.1) is 0 Å². The summed E-state index contributed by atoms with van der Waals surface area (Å²) in [7, 11) is 0. The van der Waals surface area contributed by atoms with E-state index in [1.54, 1.807) is 37.3 Å². The summed E-state index contributed by atoms with van der Waals surface area (Å²) < 4.78 is 16.4. The van der Waals surface area contributed by atoms with Crippen LogP contribution in [0.1, 0.15) is 28.4 Å². The molecule has 0 aliphatic heterocycles. The molecule has 1 heterocycles. The Balaban J connectivity index is 1.45. The summed E-state index contributed by atoms with van der Waals surface area (Å²) in [5, 5.41) is 3.79. The second-order valence-corrected chi connectivity index (χ2v) is 8.34. The van der Waals surface area contributed by atoms with Gasteiger partial charge >= 0.3 is 11.6 Å². The van der Waals surface area contributed by atoms with Crippen LogP contribution in [0.4, 0.5) is 0 Å². The number of rotatable bonds is 7. The van der Waals surface area contributed by atoms with Gasteiger partial charge in [-0.2, -0.15) is 0 Å². The van der Waals surface area contributed by atoms with Crippen LogP contribution in [0, 0.1) is 6.92 Å². The molecule has 0 aliphatic rings. The normalized spacial score (nSPS) is 11.6. The molecule has 3 aromatic carbocycles. The van der Waals surface area contributed by atoms with Gasteiger partial charge in [0, 0.05) is 23.0 Å². The minimum atomic E-state index is -0.895. The fourth-order valence-corrected chi connectivity index (χ4v) is 3.60. The van der Waals surface area contributed by atoms with Gasteiger partial charge in [0.05, 0.1) is 0 Å². The van der Waals surface area contributed by atoms with E-state index in [2.05, 4.69) is 5.32 Å². The fraction of sp³-hybridized carbons (Fsp3) is 0.148. The van der Waals surface area contributed by atoms with Gasteiger partial charge in [0.1, 0.15) is 22.6 Å². The first-order valence-corrected chi connectivity index (χ1v) is 11.2. The Morgan fingerprint density at radius 1 is 1.03 bits per heavy atom. The molecule has 35 heavy (non-hydrogen) atoms. The summed E-state index contributed by atoms with van der Waals surface area (Å²) in [6.07, 6.45) is -0.895. The quantitative estimate of drug-likeness (QED) is 0.221. The summed E-state index contributed by atoms with van der Waals surface area (Å²) >= 11 is 5.95. The number of carbonyl (C=O) groups excluding carboxylic acids is 2. The van der Waals surface area contributed by atoms with E-state index in [-0.39, 0.29) is 23.4 Å². The largest absolute Gasteiger partial charge is 0.479 e. The number of halogens is 1. The van der Waals surface area contributed by atoms with E-state index in [1.807, 2.05) is 37.3 Å². The predicted molar refractivity (Wildman–Crippen MR) is 132 cm³/mol. The second-order valence-electron chi connectivity index (χ2n) is 7.91. The number of carbonyl (C=O) groups is 2. The Bertz CT molecular complexity index is 1450. The minimum absolute atomic E-state index is 0.112. The van der Waals surface area contributed by atoms with Crippen molar-refractivity contribution < 1.29 is 23.5 Å². The maximum absolute atomic E-state index is 12.5. The molecule has 0 saturated carbocycles. The van der Waals surface area contributed by atoms with Gasteiger partial charge < -0.3 is 19.2 Å². The maximum Gasteiger partial charge on any atom is 0.352 e. The molecular formula is C27H22ClNO6. The molecule has 0 radical (unpaired) electrons. The Labute approximate surface area is 206 Å². The van der Waals surface area contributed by atoms with Crippen molar-refractivity contribution in [1.29, 1.82) is 0 Å². The molecule has 178 valence electrons. The average Bonchev–Trinajstić information content (AvgIpc) is 2.84. The maximum atomic E-state index is 12.5. The van der Waals surface area contributed by atoms with Crippen LogP contribution in [0.15, 0.2) is 82.0 Å². The topological polar surface area (TPSA) is 94.8 Å². The lowest BCUT2D eigenvalue weighted by Gasteiger charge is -2.15. The van der Waals surface area contributed by atoms with Crippen LogP contribution in [0.3, 0.4) is 0 Å². The van der Waals surface area contributed by atoms with Crippen molar-refractivity contribution in [3.05, 3.63) is 105 Å². The number of fused-ring (bicyclic) bond motifs is 1. The number of aryl methyl sites for hydroxylation is 1. The zero-order valence-corrected chi connectivity index (χ0v) is 19.8. The van der Waals surface area contributed by atoms with Gasteiger partial charge in [-0.25, -0.2) is 9.59 Å². The molecule has 1 amide bonds. The van der Waals surface area contributed by atoms with Gasteiger partial charge in [-0.3, -0.25) is 4.79 Å². The third-order valence-electron chi connectivity index (χ3n) is 5.24. The van der Waals surface area contributed by atoms with E-state index in [0.717, 1.165) is 11.1 Å². The van der Waals surface area contributed by atoms with E-state index >= 15 is 0 Å². The smallest absolute Gasteiger partial charge is 0.352 e. The predicted octanol–water partition coefficient (Wildman–Crippen LogP) is 5.06. The van der Waals surface area contributed by atoms with Crippen molar-refractivity contribution in [1.82, 2.24) is 5.32 Å². The molecule has 1 aromatic heterocycles. The Morgan fingerprint density at radius 3 is 2.54 bits per heavy atom. The van der Waals surface area contributed by atoms with Crippen LogP contribution in [0.2, 0.25) is 5.02 Å². The molecule has 0 spiro atoms. The number of benzene rings is 3. The van der Waals surface area contributed by atoms with Gasteiger partial charge in [-0.1, -0.05) is 41.9 Å². The Morgan fingerprint density at radius 2 is 1.80 bits per heavy atom. The van der Waals surface area contributed by atoms with Gasteiger partial charge in [0.15, 0.2) is 6.10 Å². The third kappa shape index (κ3) is 5.88. The highest BCUT2D eigenvalue weighted by Gasteiger charge is 2.19. The van der Waals surface area contributed by atoms with E-state index < -0.39 is 23.6 Å². The zero-order chi connectivity index (χ0) is 24.9. The van der Waals surface area contributed by atoms with Gasteiger partial charge in [0.25, 0.3) is 5.91 Å². The van der Waals surface area contributed by atoms with Crippen LogP contribution in [0.25, 0.3) is 11.0 Å². The lowest BCUT2D eigenvalue weighted by Crippen LogP contribution is -2.28. The molecule has 1 unspecified atom stereocenters. The van der Waals surface area contributed by atoms with Crippen molar-refractivity contribution in [2.24, 2.45) is 0 Å². The molecule has 4 aromatic rings. The van der Waals surface area contributed by atoms with E-state index in [9.17, 15) is 14.4 Å². The first kappa shape index (κ1) is 24.0. The third-order valence-corrected chi connectivity index (χ3v) is 5.47. The lowest BCUT2D eigenvalue weighted by atomic mass is 10.1. The molecule has 7 nitrogen and oxygen atoms in total. The molecule has 1 N–H and O–H groups in total. The summed E-state index contributed by atoms with van der Waals surface area (Å²) in [5.74, 6) is -0.474. The first-order chi connectivity index (χ1) is 16.8. The highest BCUT2D eigenvalue weighted by atomic mass is 35.5. The number of hydrogen-bond acceptors (Lipinski definition) is 6. The van der Waals surface area contributed by atoms with Crippen molar-refractivity contribution in [2.45, 2.75) is 26.5 Å². The number of esters is 1. The monoisotopic (exact) mass is 491 g/mol. The first-order valence-electron chi connectivity index (χ1n) is 10.8. The van der Waals surface area contributed by atoms with Crippen molar-refractivity contribution in [3.63, 3.8) is 0 Å². The highest BCUT2D eigenvalue weighted by Crippen LogP contribution is 2.24. The van der Waals surface area contributed by atoms with E-state index in [4.69, 9.17) is 25.5 Å². The van der Waals surface area contributed by atoms with E-state index in [0.29, 0.717) is 16.2 Å². The number of hydrogen-bond donors (Lipinski definition) is 1. The molecule has 8 heteroatoms. The summed E-state index contributed by atoms with van der Waals surface area (Å²) in [6, 6.07) is 20.4. The van der Waals surface area contributed by atoms with Crippen LogP contribution in [-0.2, 0) is 11.3 Å². The molecule has 1 atom stereocenters. The van der Waals surface area contributed by atoms with Crippen molar-refractivity contribution in [2.75, 3.05) is 0 Å². The SMILES string of the molecule is Cc1cc(Cl)ccc1OC(C)C(=O)Oc1ccc2cc(C(=O)NCc3ccccc3)c(=O)oc2c1.